The average molecular weight is 446 g/mol. The van der Waals surface area contributed by atoms with E-state index < -0.39 is 5.91 Å². The lowest BCUT2D eigenvalue weighted by molar-refractivity contribution is 0.102. The molecule has 10 nitrogen and oxygen atoms in total. The minimum Gasteiger partial charge on any atom is -0.384 e. The molecule has 0 atom stereocenters. The van der Waals surface area contributed by atoms with Crippen LogP contribution in [0.1, 0.15) is 10.5 Å². The number of nitrogens with one attached hydrogen (secondary N) is 3. The van der Waals surface area contributed by atoms with Gasteiger partial charge in [-0.3, -0.25) is 9.78 Å². The number of nitrogens with zero attached hydrogens (tertiary/aromatic N) is 4. The summed E-state index contributed by atoms with van der Waals surface area (Å²) >= 11 is 0. The van der Waals surface area contributed by atoms with Crippen LogP contribution >= 0.6 is 0 Å². The molecule has 0 radical (unpaired) electrons. The van der Waals surface area contributed by atoms with Crippen molar-refractivity contribution in [2.75, 3.05) is 60.7 Å². The molecular formula is C22H27BN8O2. The van der Waals surface area contributed by atoms with Crippen molar-refractivity contribution in [3.63, 3.8) is 0 Å². The number of aromatic nitrogens is 3. The van der Waals surface area contributed by atoms with Gasteiger partial charge in [0.15, 0.2) is 19.5 Å². The molecule has 5 N–H and O–H groups in total. The second-order valence-electron chi connectivity index (χ2n) is 7.54. The van der Waals surface area contributed by atoms with E-state index in [1.54, 1.807) is 18.6 Å². The topological polar surface area (TPSA) is 130 Å². The molecule has 1 aliphatic heterocycles. The predicted octanol–water partition coefficient (Wildman–Crippen LogP) is 0.759. The van der Waals surface area contributed by atoms with Crippen molar-refractivity contribution in [2.24, 2.45) is 0 Å². The first kappa shape index (κ1) is 22.5. The molecule has 0 aliphatic carbocycles. The maximum atomic E-state index is 13.1. The van der Waals surface area contributed by atoms with Crippen molar-refractivity contribution >= 4 is 36.8 Å². The number of hydrogen-bond donors (Lipinski definition) is 4. The molecule has 3 aromatic rings. The number of hydrogen-bond acceptors (Lipinski definition) is 9. The largest absolute Gasteiger partial charge is 0.384 e. The Morgan fingerprint density at radius 3 is 2.67 bits per heavy atom. The van der Waals surface area contributed by atoms with Gasteiger partial charge in [0.2, 0.25) is 0 Å². The van der Waals surface area contributed by atoms with Crippen LogP contribution in [0.25, 0.3) is 11.3 Å². The van der Waals surface area contributed by atoms with Crippen molar-refractivity contribution in [3.8, 4) is 11.3 Å². The van der Waals surface area contributed by atoms with Gasteiger partial charge < -0.3 is 31.2 Å². The summed E-state index contributed by atoms with van der Waals surface area (Å²) < 4.78 is 5.43. The Bertz CT molecular complexity index is 1090. The number of rotatable bonds is 8. The molecule has 0 saturated carbocycles. The molecule has 2 aromatic heterocycles. The van der Waals surface area contributed by atoms with E-state index in [0.717, 1.165) is 43.1 Å². The van der Waals surface area contributed by atoms with Gasteiger partial charge in [-0.25, -0.2) is 9.97 Å². The van der Waals surface area contributed by atoms with E-state index in [-0.39, 0.29) is 11.5 Å². The van der Waals surface area contributed by atoms with Gasteiger partial charge in [0.05, 0.1) is 42.7 Å². The Hall–Kier alpha value is -3.70. The van der Waals surface area contributed by atoms with Crippen LogP contribution < -0.4 is 26.5 Å². The van der Waals surface area contributed by atoms with E-state index in [1.807, 2.05) is 38.3 Å². The summed E-state index contributed by atoms with van der Waals surface area (Å²) in [5, 5.41) is 9.32. The number of carbonyl (C=O) groups is 1. The van der Waals surface area contributed by atoms with Crippen LogP contribution in [-0.2, 0) is 4.74 Å². The fraction of sp³-hybridized carbons (Fsp3) is 0.273. The van der Waals surface area contributed by atoms with Crippen LogP contribution in [0.3, 0.4) is 0 Å². The molecule has 0 unspecified atom stereocenters. The smallest absolute Gasteiger partial charge is 0.278 e. The fourth-order valence-corrected chi connectivity index (χ4v) is 3.54. The number of amides is 1. The summed E-state index contributed by atoms with van der Waals surface area (Å²) in [6.45, 7) is 4.45. The molecule has 11 heteroatoms. The van der Waals surface area contributed by atoms with Gasteiger partial charge in [0.1, 0.15) is 0 Å². The molecule has 3 heterocycles. The first-order valence-electron chi connectivity index (χ1n) is 10.8. The number of nitrogen functional groups attached to an aromatic ring is 1. The molecule has 33 heavy (non-hydrogen) atoms. The number of carbonyl (C=O) groups excluding carboxylic acids is 1. The Morgan fingerprint density at radius 2 is 1.91 bits per heavy atom. The first-order valence-corrected chi connectivity index (χ1v) is 10.8. The summed E-state index contributed by atoms with van der Waals surface area (Å²) in [6, 6.07) is 9.67. The number of ether oxygens (including phenoxy) is 1. The summed E-state index contributed by atoms with van der Waals surface area (Å²) in [7, 11) is 1.91. The maximum absolute atomic E-state index is 13.1. The molecule has 4 rings (SSSR count). The summed E-state index contributed by atoms with van der Waals surface area (Å²) in [6.07, 6.45) is 4.89. The van der Waals surface area contributed by atoms with Crippen molar-refractivity contribution in [3.05, 3.63) is 54.6 Å². The fourth-order valence-electron chi connectivity index (χ4n) is 3.54. The zero-order valence-electron chi connectivity index (χ0n) is 18.5. The molecule has 1 saturated heterocycles. The lowest BCUT2D eigenvalue weighted by Crippen LogP contribution is -2.36. The molecule has 1 aromatic carbocycles. The predicted molar refractivity (Wildman–Crippen MR) is 132 cm³/mol. The third-order valence-corrected chi connectivity index (χ3v) is 5.30. The molecule has 0 bridgehead atoms. The van der Waals surface area contributed by atoms with Crippen LogP contribution in [-0.4, -0.2) is 68.2 Å². The van der Waals surface area contributed by atoms with Crippen LogP contribution in [0.4, 0.5) is 22.9 Å². The monoisotopic (exact) mass is 446 g/mol. The lowest BCUT2D eigenvalue weighted by atomic mass is 10.1. The Balaban J connectivity index is 1.52. The van der Waals surface area contributed by atoms with Crippen molar-refractivity contribution in [1.82, 2.24) is 20.2 Å². The van der Waals surface area contributed by atoms with E-state index in [1.165, 1.54) is 0 Å². The van der Waals surface area contributed by atoms with Crippen molar-refractivity contribution in [2.45, 2.75) is 0 Å². The third-order valence-electron chi connectivity index (χ3n) is 5.30. The van der Waals surface area contributed by atoms with E-state index in [4.69, 9.17) is 10.5 Å². The molecular weight excluding hydrogens is 419 g/mol. The van der Waals surface area contributed by atoms with Crippen LogP contribution in [0.5, 0.6) is 0 Å². The quantitative estimate of drug-likeness (QED) is 0.293. The van der Waals surface area contributed by atoms with Gasteiger partial charge in [-0.2, -0.15) is 0 Å². The van der Waals surface area contributed by atoms with Crippen molar-refractivity contribution < 1.29 is 9.53 Å². The zero-order valence-corrected chi connectivity index (χ0v) is 18.5. The summed E-state index contributed by atoms with van der Waals surface area (Å²) in [5.41, 5.74) is 9.95. The standard InChI is InChI=1S/C22H27BN8O2/c23-28-8-7-26-16-3-1-15(2-4-16)17-14-27-21(24)20(29-17)22(32)30-18-13-25-6-5-19(18)31-9-11-33-12-10-31/h1-6,13-14,26,28H,7-12,23H2,(H2,24,27)(H,30,32). The van der Waals surface area contributed by atoms with Gasteiger partial charge >= 0.3 is 0 Å². The Labute approximate surface area is 193 Å². The number of nitrogens with two attached hydrogens (primary N) is 1. The molecule has 1 fully saturated rings. The number of pyridine rings is 1. The lowest BCUT2D eigenvalue weighted by Gasteiger charge is -2.30. The second-order valence-corrected chi connectivity index (χ2v) is 7.54. The van der Waals surface area contributed by atoms with Crippen LogP contribution in [0.2, 0.25) is 0 Å². The summed E-state index contributed by atoms with van der Waals surface area (Å²) in [5.74, 6) is -0.367. The van der Waals surface area contributed by atoms with E-state index >= 15 is 0 Å². The highest BCUT2D eigenvalue weighted by Gasteiger charge is 2.19. The van der Waals surface area contributed by atoms with Crippen LogP contribution in [0.15, 0.2) is 48.9 Å². The molecule has 1 aliphatic rings. The summed E-state index contributed by atoms with van der Waals surface area (Å²) in [4.78, 5) is 28.1. The zero-order chi connectivity index (χ0) is 23.0. The minimum atomic E-state index is -0.435. The van der Waals surface area contributed by atoms with Crippen LogP contribution in [0, 0.1) is 0 Å². The number of anilines is 4. The second kappa shape index (κ2) is 10.8. The Kier molecular flexibility index (Phi) is 7.33. The first-order chi connectivity index (χ1) is 16.2. The number of benzene rings is 1. The minimum absolute atomic E-state index is 0.0680. The van der Waals surface area contributed by atoms with Gasteiger partial charge in [0, 0.05) is 43.6 Å². The SMILES string of the molecule is BNCCNc1ccc(-c2cnc(N)c(C(=O)Nc3cnccc3N3CCOCC3)n2)cc1. The van der Waals surface area contributed by atoms with E-state index in [2.05, 4.69) is 35.7 Å². The van der Waals surface area contributed by atoms with Gasteiger partial charge in [0.25, 0.3) is 5.91 Å². The highest BCUT2D eigenvalue weighted by Crippen LogP contribution is 2.27. The maximum Gasteiger partial charge on any atom is 0.278 e. The van der Waals surface area contributed by atoms with Gasteiger partial charge in [-0.15, -0.1) is 0 Å². The van der Waals surface area contributed by atoms with Gasteiger partial charge in [-0.05, 0) is 18.2 Å². The molecule has 1 amide bonds. The van der Waals surface area contributed by atoms with Crippen molar-refractivity contribution in [1.29, 1.82) is 0 Å². The highest BCUT2D eigenvalue weighted by molar-refractivity contribution is 6.07. The van der Waals surface area contributed by atoms with E-state index in [0.29, 0.717) is 24.6 Å². The molecule has 170 valence electrons. The third kappa shape index (κ3) is 5.57. The van der Waals surface area contributed by atoms with E-state index in [9.17, 15) is 4.79 Å². The normalized spacial score (nSPS) is 13.5. The number of morpholine rings is 1. The Morgan fingerprint density at radius 1 is 1.12 bits per heavy atom. The average Bonchev–Trinajstić information content (AvgIpc) is 2.86. The highest BCUT2D eigenvalue weighted by atomic mass is 16.5. The molecule has 0 spiro atoms. The van der Waals surface area contributed by atoms with Gasteiger partial charge in [-0.1, -0.05) is 12.1 Å².